The van der Waals surface area contributed by atoms with Crippen LogP contribution in [0.15, 0.2) is 32.8 Å². The van der Waals surface area contributed by atoms with E-state index >= 15 is 0 Å². The minimum Gasteiger partial charge on any atom is -0.394 e. The Bertz CT molecular complexity index is 1420. The van der Waals surface area contributed by atoms with Gasteiger partial charge in [0.1, 0.15) is 62.8 Å². The zero-order valence-corrected chi connectivity index (χ0v) is 25.4. The summed E-state index contributed by atoms with van der Waals surface area (Å²) in [7, 11) is -4.48. The van der Waals surface area contributed by atoms with Crippen molar-refractivity contribution in [2.45, 2.75) is 77.4 Å². The first-order valence-corrected chi connectivity index (χ1v) is 15.6. The molecule has 2 aliphatic heterocycles. The summed E-state index contributed by atoms with van der Waals surface area (Å²) in [4.78, 5) is 56.7. The lowest BCUT2D eigenvalue weighted by Crippen LogP contribution is -2.48. The van der Waals surface area contributed by atoms with E-state index < -0.39 is 75.2 Å². The second-order valence-electron chi connectivity index (χ2n) is 10.5. The molecule has 2 saturated heterocycles. The van der Waals surface area contributed by atoms with Crippen LogP contribution in [-0.2, 0) is 28.0 Å². The predicted octanol–water partition coefficient (Wildman–Crippen LogP) is -0.0697. The topological polar surface area (TPSA) is 222 Å². The van der Waals surface area contributed by atoms with Crippen LogP contribution in [0.25, 0.3) is 0 Å². The van der Waals surface area contributed by atoms with E-state index in [0.717, 1.165) is 4.57 Å². The summed E-state index contributed by atoms with van der Waals surface area (Å²) < 4.78 is 31.7. The third-order valence-electron chi connectivity index (χ3n) is 7.85. The van der Waals surface area contributed by atoms with Crippen molar-refractivity contribution in [3.05, 3.63) is 55.3 Å². The van der Waals surface area contributed by atoms with E-state index in [1.54, 1.807) is 0 Å². The van der Waals surface area contributed by atoms with Crippen LogP contribution in [0.2, 0.25) is 0 Å². The molecule has 2 aromatic heterocycles. The number of aliphatic hydroxyl groups excluding tert-OH is 2. The van der Waals surface area contributed by atoms with Crippen molar-refractivity contribution in [2.24, 2.45) is 0 Å². The summed E-state index contributed by atoms with van der Waals surface area (Å²) in [6, 6.07) is 1.42. The molecule has 4 rings (SSSR count). The summed E-state index contributed by atoms with van der Waals surface area (Å²) in [5.74, 6) is 0.0409. The number of hydrogen-bond donors (Lipinski definition) is 4. The van der Waals surface area contributed by atoms with Crippen LogP contribution < -0.4 is 22.7 Å². The average Bonchev–Trinajstić information content (AvgIpc) is 3.55. The number of nitrogens with one attached hydrogen (secondary N) is 1. The van der Waals surface area contributed by atoms with Crippen LogP contribution in [-0.4, -0.2) is 91.2 Å². The fourth-order valence-electron chi connectivity index (χ4n) is 5.09. The first kappa shape index (κ1) is 33.3. The molecule has 1 radical (unpaired) electrons. The van der Waals surface area contributed by atoms with Crippen LogP contribution in [0.3, 0.4) is 0 Å². The molecule has 2 fully saturated rings. The van der Waals surface area contributed by atoms with Gasteiger partial charge in [-0.3, -0.25) is 18.9 Å². The highest BCUT2D eigenvalue weighted by molar-refractivity contribution is 7.55. The summed E-state index contributed by atoms with van der Waals surface area (Å²) in [6.45, 7) is 7.36. The Morgan fingerprint density at radius 2 is 1.77 bits per heavy atom. The number of ether oxygens (including phenoxy) is 2. The molecule has 17 nitrogen and oxygen atoms in total. The van der Waals surface area contributed by atoms with Gasteiger partial charge in [0, 0.05) is 35.4 Å². The maximum Gasteiger partial charge on any atom is 0.666 e. The molecule has 0 aromatic carbocycles. The van der Waals surface area contributed by atoms with Gasteiger partial charge in [-0.25, -0.2) is 9.59 Å². The number of nitrogens with two attached hydrogens (primary N) is 1. The number of anilines is 1. The molecule has 239 valence electrons. The Hall–Kier alpha value is -2.57. The summed E-state index contributed by atoms with van der Waals surface area (Å²) >= 11 is 0. The molecular weight excluding hydrogens is 591 g/mol. The lowest BCUT2D eigenvalue weighted by molar-refractivity contribution is -1.08. The van der Waals surface area contributed by atoms with Gasteiger partial charge < -0.3 is 25.4 Å². The van der Waals surface area contributed by atoms with Crippen LogP contribution in [0, 0.1) is 6.92 Å². The van der Waals surface area contributed by atoms with E-state index in [1.807, 2.05) is 20.8 Å². The van der Waals surface area contributed by atoms with Crippen molar-refractivity contribution >= 4 is 14.0 Å². The van der Waals surface area contributed by atoms with Crippen LogP contribution >= 0.6 is 8.17 Å². The number of aromatic amines is 1. The first-order valence-electron chi connectivity index (χ1n) is 14.1. The molecule has 43 heavy (non-hydrogen) atoms. The largest absolute Gasteiger partial charge is 0.666 e. The summed E-state index contributed by atoms with van der Waals surface area (Å²) in [5, 5.41) is 20.7. The average molecular weight is 632 g/mol. The van der Waals surface area contributed by atoms with Gasteiger partial charge in [-0.15, -0.1) is 13.7 Å². The van der Waals surface area contributed by atoms with Gasteiger partial charge in [-0.2, -0.15) is 4.98 Å². The third kappa shape index (κ3) is 7.39. The van der Waals surface area contributed by atoms with E-state index in [1.165, 1.54) is 30.0 Å². The summed E-state index contributed by atoms with van der Waals surface area (Å²) in [5.41, 5.74) is 3.91. The van der Waals surface area contributed by atoms with E-state index in [-0.39, 0.29) is 28.9 Å². The second kappa shape index (κ2) is 13.6. The molecule has 2 aliphatic rings. The molecular formula is C25H40N6O11P+2. The zero-order valence-electron chi connectivity index (χ0n) is 24.5. The molecule has 7 atom stereocenters. The Labute approximate surface area is 247 Å². The number of quaternary nitrogens is 1. The lowest BCUT2D eigenvalue weighted by Gasteiger charge is -2.31. The van der Waals surface area contributed by atoms with Gasteiger partial charge in [0.15, 0.2) is 0 Å². The van der Waals surface area contributed by atoms with Crippen molar-refractivity contribution in [1.82, 2.24) is 19.1 Å². The minimum atomic E-state index is -4.48. The van der Waals surface area contributed by atoms with Gasteiger partial charge in [-0.1, -0.05) is 0 Å². The Morgan fingerprint density at radius 3 is 2.40 bits per heavy atom. The molecule has 4 heterocycles. The molecule has 0 amide bonds. The van der Waals surface area contributed by atoms with Crippen LogP contribution in [0.4, 0.5) is 5.82 Å². The number of aliphatic hydroxyl groups is 2. The van der Waals surface area contributed by atoms with Crippen molar-refractivity contribution in [1.29, 1.82) is 0 Å². The SMILES string of the molecule is CC[N+](CC)(CC)O[P+]([O])(OC[C@H]1O[C@@H](n2ccc(N)nc2=O)C[C@@H]1O)O[C@H]1C[C@H](n2cc(C)c(=O)[nH]c2=O)O[C@@H]1CO. The van der Waals surface area contributed by atoms with E-state index in [4.69, 9.17) is 28.9 Å². The minimum absolute atomic E-state index is 0.0303. The first-order chi connectivity index (χ1) is 20.4. The highest BCUT2D eigenvalue weighted by atomic mass is 31.2. The van der Waals surface area contributed by atoms with Crippen molar-refractivity contribution in [3.63, 3.8) is 0 Å². The number of aromatic nitrogens is 4. The van der Waals surface area contributed by atoms with Gasteiger partial charge in [0.05, 0.1) is 17.6 Å². The summed E-state index contributed by atoms with van der Waals surface area (Å²) in [6.07, 6.45) is -3.25. The number of hydrogen-bond acceptors (Lipinski definition) is 12. The molecule has 0 bridgehead atoms. The van der Waals surface area contributed by atoms with E-state index in [9.17, 15) is 29.5 Å². The predicted molar refractivity (Wildman–Crippen MR) is 151 cm³/mol. The number of hydroxylamine groups is 3. The Morgan fingerprint density at radius 1 is 1.12 bits per heavy atom. The molecule has 0 spiro atoms. The third-order valence-corrected chi connectivity index (χ3v) is 9.39. The van der Waals surface area contributed by atoms with Gasteiger partial charge >= 0.3 is 19.5 Å². The van der Waals surface area contributed by atoms with Crippen LogP contribution in [0.5, 0.6) is 0 Å². The van der Waals surface area contributed by atoms with Crippen molar-refractivity contribution in [2.75, 3.05) is 38.6 Å². The van der Waals surface area contributed by atoms with Gasteiger partial charge in [-0.05, 0) is 33.8 Å². The Kier molecular flexibility index (Phi) is 10.5. The number of nitrogen functional groups attached to an aromatic ring is 1. The molecule has 0 saturated carbocycles. The van der Waals surface area contributed by atoms with Crippen molar-refractivity contribution < 1.29 is 42.9 Å². The number of rotatable bonds is 13. The smallest absolute Gasteiger partial charge is 0.394 e. The van der Waals surface area contributed by atoms with Gasteiger partial charge in [0.25, 0.3) is 5.56 Å². The fraction of sp³-hybridized carbons (Fsp3) is 0.680. The standard InChI is InChI=1S/C25H39N6O11P/c1-5-31(6-2,7-3)42-43(37,38-14-19-16(33)10-21(40-19)29-9-8-20(26)27-24(29)35)41-17-11-22(39-18(17)13-32)30-12-15(4)23(34)28-25(30)36/h8-9,12,16-19,21-22,32-33H,5-7,10-11,13-14H2,1-4H3,(H2-,26,27,28,34,35,36)/q+1/p+1/t16-,17-,18+,19+,21+,22+,43?/m0/s1. The maximum absolute atomic E-state index is 14.3. The van der Waals surface area contributed by atoms with Crippen molar-refractivity contribution in [3.8, 4) is 0 Å². The highest BCUT2D eigenvalue weighted by Gasteiger charge is 2.62. The quantitative estimate of drug-likeness (QED) is 0.130. The zero-order chi connectivity index (χ0) is 31.5. The number of H-pyrrole nitrogens is 1. The molecule has 18 heteroatoms. The number of nitrogens with zero attached hydrogens (tertiary/aromatic N) is 4. The second-order valence-corrected chi connectivity index (χ2v) is 12.0. The maximum atomic E-state index is 14.3. The number of aryl methyl sites for hydroxylation is 1. The van der Waals surface area contributed by atoms with E-state index in [2.05, 4.69) is 9.97 Å². The molecule has 1 unspecified atom stereocenters. The van der Waals surface area contributed by atoms with E-state index in [0.29, 0.717) is 19.6 Å². The normalized spacial score (nSPS) is 27.4. The molecule has 0 aliphatic carbocycles. The lowest BCUT2D eigenvalue weighted by atomic mass is 10.2. The molecule has 5 N–H and O–H groups in total. The molecule has 2 aromatic rings. The van der Waals surface area contributed by atoms with Crippen LogP contribution in [0.1, 0.15) is 51.6 Å². The monoisotopic (exact) mass is 631 g/mol. The highest BCUT2D eigenvalue weighted by Crippen LogP contribution is 2.63. The fourth-order valence-corrected chi connectivity index (χ4v) is 6.89. The van der Waals surface area contributed by atoms with Gasteiger partial charge in [0.2, 0.25) is 0 Å². The Balaban J connectivity index is 1.54.